The van der Waals surface area contributed by atoms with Gasteiger partial charge in [-0.3, -0.25) is 4.79 Å². The van der Waals surface area contributed by atoms with E-state index in [1.165, 1.54) is 0 Å². The van der Waals surface area contributed by atoms with Crippen LogP contribution in [0.4, 0.5) is 0 Å². The van der Waals surface area contributed by atoms with Gasteiger partial charge in [0.05, 0.1) is 5.52 Å². The number of hydrogen-bond acceptors (Lipinski definition) is 5. The Morgan fingerprint density at radius 3 is 2.44 bits per heavy atom. The summed E-state index contributed by atoms with van der Waals surface area (Å²) in [6, 6.07) is 16.5. The van der Waals surface area contributed by atoms with Gasteiger partial charge in [0.1, 0.15) is 5.69 Å². The molecule has 0 atom stereocenters. The normalized spacial score (nSPS) is 18.6. The lowest BCUT2D eigenvalue weighted by Gasteiger charge is -2.27. The predicted octanol–water partition coefficient (Wildman–Crippen LogP) is 6.05. The van der Waals surface area contributed by atoms with Gasteiger partial charge >= 0.3 is 0 Å². The Labute approximate surface area is 195 Å². The number of carbonyl (C=O) groups is 1. The summed E-state index contributed by atoms with van der Waals surface area (Å²) in [4.78, 5) is 17.2. The minimum Gasteiger partial charge on any atom is -0.420 e. The highest BCUT2D eigenvalue weighted by atomic mass is 35.5. The summed E-state index contributed by atoms with van der Waals surface area (Å²) in [6.07, 6.45) is 3.43. The highest BCUT2D eigenvalue weighted by Gasteiger charge is 2.27. The number of hydrogen-bond donors (Lipinski definition) is 1. The first kappa shape index (κ1) is 20.9. The van der Waals surface area contributed by atoms with Crippen molar-refractivity contribution in [1.29, 1.82) is 0 Å². The molecule has 1 amide bonds. The van der Waals surface area contributed by atoms with Crippen LogP contribution in [0.15, 0.2) is 59.0 Å². The molecule has 4 aromatic rings. The molecule has 162 valence electrons. The molecule has 0 bridgehead atoms. The van der Waals surface area contributed by atoms with E-state index < -0.39 is 0 Å². The van der Waals surface area contributed by atoms with Gasteiger partial charge in [0.2, 0.25) is 11.8 Å². The maximum Gasteiger partial charge on any atom is 0.270 e. The van der Waals surface area contributed by atoms with E-state index in [0.29, 0.717) is 27.5 Å². The zero-order valence-corrected chi connectivity index (χ0v) is 18.6. The van der Waals surface area contributed by atoms with Crippen LogP contribution in [0.2, 0.25) is 10.0 Å². The lowest BCUT2D eigenvalue weighted by Crippen LogP contribution is -2.37. The molecule has 8 heteroatoms. The average molecular weight is 467 g/mol. The number of nitrogens with zero attached hydrogens (tertiary/aromatic N) is 3. The van der Waals surface area contributed by atoms with Gasteiger partial charge in [-0.2, -0.15) is 0 Å². The maximum atomic E-state index is 12.7. The summed E-state index contributed by atoms with van der Waals surface area (Å²) in [5.41, 5.74) is 2.00. The molecule has 2 heterocycles. The summed E-state index contributed by atoms with van der Waals surface area (Å²) in [7, 11) is 0. The van der Waals surface area contributed by atoms with Crippen LogP contribution in [-0.2, 0) is 0 Å². The van der Waals surface area contributed by atoms with Gasteiger partial charge in [-0.15, -0.1) is 10.2 Å². The van der Waals surface area contributed by atoms with Crippen molar-refractivity contribution in [1.82, 2.24) is 20.5 Å². The van der Waals surface area contributed by atoms with Gasteiger partial charge in [-0.1, -0.05) is 29.3 Å². The Bertz CT molecular complexity index is 1260. The topological polar surface area (TPSA) is 80.9 Å². The monoisotopic (exact) mass is 466 g/mol. The van der Waals surface area contributed by atoms with Gasteiger partial charge in [-0.25, -0.2) is 4.98 Å². The smallest absolute Gasteiger partial charge is 0.270 e. The summed E-state index contributed by atoms with van der Waals surface area (Å²) in [6.45, 7) is 0. The molecule has 0 unspecified atom stereocenters. The minimum atomic E-state index is -0.159. The lowest BCUT2D eigenvalue weighted by atomic mass is 9.86. The van der Waals surface area contributed by atoms with E-state index in [-0.39, 0.29) is 17.9 Å². The van der Waals surface area contributed by atoms with E-state index in [0.717, 1.165) is 42.1 Å². The summed E-state index contributed by atoms with van der Waals surface area (Å²) < 4.78 is 5.91. The third-order valence-electron chi connectivity index (χ3n) is 5.83. The Morgan fingerprint density at radius 1 is 0.906 bits per heavy atom. The van der Waals surface area contributed by atoms with Crippen LogP contribution in [0.3, 0.4) is 0 Å². The fourth-order valence-electron chi connectivity index (χ4n) is 4.08. The second-order valence-corrected chi connectivity index (χ2v) is 8.88. The van der Waals surface area contributed by atoms with Crippen LogP contribution in [0.25, 0.3) is 22.4 Å². The zero-order chi connectivity index (χ0) is 22.1. The van der Waals surface area contributed by atoms with Crippen molar-refractivity contribution in [3.63, 3.8) is 0 Å². The van der Waals surface area contributed by atoms with Crippen molar-refractivity contribution in [3.05, 3.63) is 76.2 Å². The quantitative estimate of drug-likeness (QED) is 0.395. The Balaban J connectivity index is 1.19. The van der Waals surface area contributed by atoms with Crippen LogP contribution < -0.4 is 5.32 Å². The first-order valence-corrected chi connectivity index (χ1v) is 11.3. The van der Waals surface area contributed by atoms with Crippen molar-refractivity contribution in [2.45, 2.75) is 37.6 Å². The van der Waals surface area contributed by atoms with Crippen LogP contribution in [-0.4, -0.2) is 27.1 Å². The fourth-order valence-corrected chi connectivity index (χ4v) is 4.38. The van der Waals surface area contributed by atoms with Crippen LogP contribution in [0, 0.1) is 0 Å². The number of aromatic nitrogens is 3. The van der Waals surface area contributed by atoms with Crippen molar-refractivity contribution in [3.8, 4) is 11.5 Å². The molecule has 0 aliphatic heterocycles. The summed E-state index contributed by atoms with van der Waals surface area (Å²) in [5.74, 6) is 1.18. The molecule has 1 N–H and O–H groups in total. The SMILES string of the molecule is O=C(NC1CCC(c2nnc(-c3ccc(Cl)cc3)o2)CC1)c1ccc2cc(Cl)ccc2n1. The van der Waals surface area contributed by atoms with Gasteiger partial charge in [-0.05, 0) is 74.2 Å². The molecular formula is C24H20Cl2N4O2. The van der Waals surface area contributed by atoms with Crippen LogP contribution in [0.5, 0.6) is 0 Å². The fraction of sp³-hybridized carbons (Fsp3) is 0.250. The summed E-state index contributed by atoms with van der Waals surface area (Å²) in [5, 5.41) is 13.8. The first-order chi connectivity index (χ1) is 15.5. The van der Waals surface area contributed by atoms with Gasteiger partial charge in [0.15, 0.2) is 0 Å². The number of amides is 1. The largest absolute Gasteiger partial charge is 0.420 e. The molecule has 0 spiro atoms. The molecule has 6 nitrogen and oxygen atoms in total. The first-order valence-electron chi connectivity index (χ1n) is 10.5. The van der Waals surface area contributed by atoms with Gasteiger partial charge < -0.3 is 9.73 Å². The number of benzene rings is 2. The molecule has 2 aromatic heterocycles. The molecular weight excluding hydrogens is 447 g/mol. The molecule has 1 aliphatic carbocycles. The molecule has 1 fully saturated rings. The third kappa shape index (κ3) is 4.47. The highest BCUT2D eigenvalue weighted by molar-refractivity contribution is 6.31. The van der Waals surface area contributed by atoms with Gasteiger partial charge in [0.25, 0.3) is 5.91 Å². The van der Waals surface area contributed by atoms with E-state index in [4.69, 9.17) is 27.6 Å². The number of pyridine rings is 1. The Morgan fingerprint density at radius 2 is 1.66 bits per heavy atom. The zero-order valence-electron chi connectivity index (χ0n) is 17.1. The third-order valence-corrected chi connectivity index (χ3v) is 6.31. The second kappa shape index (κ2) is 8.88. The summed E-state index contributed by atoms with van der Waals surface area (Å²) >= 11 is 12.0. The molecule has 0 saturated heterocycles. The number of halogens is 2. The Hall–Kier alpha value is -2.96. The molecule has 5 rings (SSSR count). The second-order valence-electron chi connectivity index (χ2n) is 8.01. The number of nitrogens with one attached hydrogen (secondary N) is 1. The molecule has 32 heavy (non-hydrogen) atoms. The highest BCUT2D eigenvalue weighted by Crippen LogP contribution is 2.33. The predicted molar refractivity (Wildman–Crippen MR) is 124 cm³/mol. The molecule has 1 aliphatic rings. The standard InChI is InChI=1S/C24H20Cl2N4O2/c25-17-6-1-14(2-7-17)23-29-30-24(32-23)15-3-9-19(10-4-15)27-22(31)21-11-5-16-13-18(26)8-12-20(16)28-21/h1-2,5-8,11-13,15,19H,3-4,9-10H2,(H,27,31). The molecule has 0 radical (unpaired) electrons. The van der Waals surface area contributed by atoms with E-state index in [9.17, 15) is 4.79 Å². The van der Waals surface area contributed by atoms with Crippen LogP contribution >= 0.6 is 23.2 Å². The van der Waals surface area contributed by atoms with E-state index in [1.807, 2.05) is 30.3 Å². The minimum absolute atomic E-state index is 0.0973. The maximum absolute atomic E-state index is 12.7. The molecule has 1 saturated carbocycles. The van der Waals surface area contributed by atoms with Crippen molar-refractivity contribution in [2.24, 2.45) is 0 Å². The lowest BCUT2D eigenvalue weighted by molar-refractivity contribution is 0.0920. The molecule has 2 aromatic carbocycles. The van der Waals surface area contributed by atoms with Crippen molar-refractivity contribution >= 4 is 40.0 Å². The van der Waals surface area contributed by atoms with E-state index in [2.05, 4.69) is 20.5 Å². The van der Waals surface area contributed by atoms with Crippen molar-refractivity contribution in [2.75, 3.05) is 0 Å². The van der Waals surface area contributed by atoms with E-state index in [1.54, 1.807) is 24.3 Å². The van der Waals surface area contributed by atoms with Crippen LogP contribution in [0.1, 0.15) is 48.0 Å². The number of carbonyl (C=O) groups excluding carboxylic acids is 1. The van der Waals surface area contributed by atoms with E-state index >= 15 is 0 Å². The van der Waals surface area contributed by atoms with Crippen molar-refractivity contribution < 1.29 is 9.21 Å². The number of fused-ring (bicyclic) bond motifs is 1. The van der Waals surface area contributed by atoms with Gasteiger partial charge in [0, 0.05) is 33.0 Å². The number of rotatable bonds is 4. The average Bonchev–Trinajstić information content (AvgIpc) is 3.30. The Kier molecular flexibility index (Phi) is 5.81.